The molecule has 0 aliphatic rings. The third-order valence-electron chi connectivity index (χ3n) is 1.61. The van der Waals surface area contributed by atoms with E-state index in [0.29, 0.717) is 24.9 Å². The molecule has 0 spiro atoms. The molecule has 5 heteroatoms. The Labute approximate surface area is 90.1 Å². The van der Waals surface area contributed by atoms with Crippen LogP contribution in [0.25, 0.3) is 0 Å². The first-order valence-corrected chi connectivity index (χ1v) is 5.08. The monoisotopic (exact) mass is 210 g/mol. The third-order valence-corrected chi connectivity index (χ3v) is 1.61. The van der Waals surface area contributed by atoms with Crippen LogP contribution in [-0.4, -0.2) is 29.2 Å². The van der Waals surface area contributed by atoms with Crippen LogP contribution in [0.15, 0.2) is 6.07 Å². The molecule has 1 aromatic heterocycles. The summed E-state index contributed by atoms with van der Waals surface area (Å²) in [6.07, 6.45) is 0.113. The molecule has 0 bridgehead atoms. The standard InChI is InChI=1S/C10H18N4O/c1-7(2)15-9-6-8(3)13-10(14-9)12-5-4-11/h6-7H,4-5,11H2,1-3H3,(H,12,13,14). The van der Waals surface area contributed by atoms with Gasteiger partial charge in [-0.2, -0.15) is 4.98 Å². The minimum Gasteiger partial charge on any atom is -0.475 e. The van der Waals surface area contributed by atoms with Crippen molar-refractivity contribution in [1.29, 1.82) is 0 Å². The second kappa shape index (κ2) is 5.50. The molecule has 15 heavy (non-hydrogen) atoms. The van der Waals surface area contributed by atoms with Gasteiger partial charge >= 0.3 is 0 Å². The summed E-state index contributed by atoms with van der Waals surface area (Å²) in [5, 5.41) is 3.02. The first-order chi connectivity index (χ1) is 7.11. The van der Waals surface area contributed by atoms with Crippen molar-refractivity contribution in [1.82, 2.24) is 9.97 Å². The Hall–Kier alpha value is -1.36. The van der Waals surface area contributed by atoms with Crippen LogP contribution in [0.4, 0.5) is 5.95 Å². The maximum atomic E-state index is 5.49. The SMILES string of the molecule is Cc1cc(OC(C)C)nc(NCCN)n1. The van der Waals surface area contributed by atoms with Crippen molar-refractivity contribution in [3.8, 4) is 5.88 Å². The predicted octanol–water partition coefficient (Wildman–Crippen LogP) is 0.943. The minimum absolute atomic E-state index is 0.113. The highest BCUT2D eigenvalue weighted by Crippen LogP contribution is 2.13. The van der Waals surface area contributed by atoms with E-state index in [4.69, 9.17) is 10.5 Å². The van der Waals surface area contributed by atoms with Crippen molar-refractivity contribution < 1.29 is 4.74 Å². The Morgan fingerprint density at radius 3 is 2.80 bits per heavy atom. The molecular formula is C10H18N4O. The number of nitrogens with one attached hydrogen (secondary N) is 1. The van der Waals surface area contributed by atoms with Gasteiger partial charge in [-0.25, -0.2) is 4.98 Å². The van der Waals surface area contributed by atoms with Crippen molar-refractivity contribution in [2.75, 3.05) is 18.4 Å². The van der Waals surface area contributed by atoms with Crippen molar-refractivity contribution in [2.24, 2.45) is 5.73 Å². The maximum Gasteiger partial charge on any atom is 0.226 e. The Morgan fingerprint density at radius 2 is 2.20 bits per heavy atom. The second-order valence-electron chi connectivity index (χ2n) is 3.55. The zero-order chi connectivity index (χ0) is 11.3. The molecule has 0 aliphatic heterocycles. The van der Waals surface area contributed by atoms with Crippen molar-refractivity contribution in [3.63, 3.8) is 0 Å². The van der Waals surface area contributed by atoms with Gasteiger partial charge in [0.2, 0.25) is 11.8 Å². The Kier molecular flexibility index (Phi) is 4.30. The molecule has 5 nitrogen and oxygen atoms in total. The molecular weight excluding hydrogens is 192 g/mol. The maximum absolute atomic E-state index is 5.49. The summed E-state index contributed by atoms with van der Waals surface area (Å²) in [6.45, 7) is 7.04. The lowest BCUT2D eigenvalue weighted by molar-refractivity contribution is 0.232. The van der Waals surface area contributed by atoms with Gasteiger partial charge in [0.05, 0.1) is 6.10 Å². The number of hydrogen-bond acceptors (Lipinski definition) is 5. The van der Waals surface area contributed by atoms with E-state index in [1.807, 2.05) is 26.8 Å². The zero-order valence-electron chi connectivity index (χ0n) is 9.45. The number of aromatic nitrogens is 2. The Balaban J connectivity index is 2.75. The fourth-order valence-corrected chi connectivity index (χ4v) is 1.10. The molecule has 0 fully saturated rings. The van der Waals surface area contributed by atoms with Crippen LogP contribution in [0.1, 0.15) is 19.5 Å². The summed E-state index contributed by atoms with van der Waals surface area (Å²) in [7, 11) is 0. The van der Waals surface area contributed by atoms with Gasteiger partial charge in [0, 0.05) is 24.8 Å². The summed E-state index contributed by atoms with van der Waals surface area (Å²) in [5.41, 5.74) is 6.26. The molecule has 0 aliphatic carbocycles. The van der Waals surface area contributed by atoms with Gasteiger partial charge in [0.15, 0.2) is 0 Å². The zero-order valence-corrected chi connectivity index (χ0v) is 9.45. The molecule has 84 valence electrons. The van der Waals surface area contributed by atoms with Gasteiger partial charge in [-0.05, 0) is 20.8 Å². The van der Waals surface area contributed by atoms with E-state index in [-0.39, 0.29) is 6.10 Å². The van der Waals surface area contributed by atoms with Crippen molar-refractivity contribution in [3.05, 3.63) is 11.8 Å². The summed E-state index contributed by atoms with van der Waals surface area (Å²) in [4.78, 5) is 8.43. The number of aryl methyl sites for hydroxylation is 1. The van der Waals surface area contributed by atoms with Gasteiger partial charge in [0.25, 0.3) is 0 Å². The number of nitrogens with two attached hydrogens (primary N) is 1. The fraction of sp³-hybridized carbons (Fsp3) is 0.600. The largest absolute Gasteiger partial charge is 0.475 e. The van der Waals surface area contributed by atoms with Gasteiger partial charge in [-0.15, -0.1) is 0 Å². The second-order valence-corrected chi connectivity index (χ2v) is 3.55. The van der Waals surface area contributed by atoms with Gasteiger partial charge in [0.1, 0.15) is 0 Å². The summed E-state index contributed by atoms with van der Waals surface area (Å²) >= 11 is 0. The smallest absolute Gasteiger partial charge is 0.226 e. The van der Waals surface area contributed by atoms with E-state index >= 15 is 0 Å². The normalized spacial score (nSPS) is 10.5. The summed E-state index contributed by atoms with van der Waals surface area (Å²) < 4.78 is 5.49. The van der Waals surface area contributed by atoms with E-state index in [2.05, 4.69) is 15.3 Å². The van der Waals surface area contributed by atoms with Crippen LogP contribution in [0.2, 0.25) is 0 Å². The Morgan fingerprint density at radius 1 is 1.47 bits per heavy atom. The number of rotatable bonds is 5. The summed E-state index contributed by atoms with van der Waals surface area (Å²) in [5.74, 6) is 1.16. The number of hydrogen-bond donors (Lipinski definition) is 2. The summed E-state index contributed by atoms with van der Waals surface area (Å²) in [6, 6.07) is 1.81. The van der Waals surface area contributed by atoms with E-state index in [1.54, 1.807) is 0 Å². The molecule has 0 saturated carbocycles. The van der Waals surface area contributed by atoms with Crippen LogP contribution in [0, 0.1) is 6.92 Å². The highest BCUT2D eigenvalue weighted by atomic mass is 16.5. The molecule has 0 unspecified atom stereocenters. The molecule has 0 saturated heterocycles. The lowest BCUT2D eigenvalue weighted by Crippen LogP contribution is -2.16. The number of anilines is 1. The van der Waals surface area contributed by atoms with Gasteiger partial charge < -0.3 is 15.8 Å². The lowest BCUT2D eigenvalue weighted by atomic mass is 10.4. The van der Waals surface area contributed by atoms with Crippen LogP contribution in [-0.2, 0) is 0 Å². The lowest BCUT2D eigenvalue weighted by Gasteiger charge is -2.10. The molecule has 3 N–H and O–H groups in total. The quantitative estimate of drug-likeness (QED) is 0.756. The van der Waals surface area contributed by atoms with Crippen molar-refractivity contribution >= 4 is 5.95 Å². The average Bonchev–Trinajstić information content (AvgIpc) is 2.12. The van der Waals surface area contributed by atoms with E-state index < -0.39 is 0 Å². The topological polar surface area (TPSA) is 73.1 Å². The van der Waals surface area contributed by atoms with Crippen molar-refractivity contribution in [2.45, 2.75) is 26.9 Å². The average molecular weight is 210 g/mol. The van der Waals surface area contributed by atoms with E-state index in [0.717, 1.165) is 5.69 Å². The van der Waals surface area contributed by atoms with E-state index in [9.17, 15) is 0 Å². The molecule has 0 radical (unpaired) electrons. The minimum atomic E-state index is 0.113. The van der Waals surface area contributed by atoms with Crippen LogP contribution in [0.5, 0.6) is 5.88 Å². The highest BCUT2D eigenvalue weighted by Gasteiger charge is 2.03. The first-order valence-electron chi connectivity index (χ1n) is 5.08. The van der Waals surface area contributed by atoms with E-state index in [1.165, 1.54) is 0 Å². The highest BCUT2D eigenvalue weighted by molar-refractivity contribution is 5.30. The third kappa shape index (κ3) is 4.12. The number of nitrogens with zero attached hydrogens (tertiary/aromatic N) is 2. The van der Waals surface area contributed by atoms with Gasteiger partial charge in [-0.1, -0.05) is 0 Å². The van der Waals surface area contributed by atoms with Crippen LogP contribution in [0.3, 0.4) is 0 Å². The molecule has 1 heterocycles. The molecule has 0 aromatic carbocycles. The Bertz CT molecular complexity index is 314. The molecule has 0 amide bonds. The number of ether oxygens (including phenoxy) is 1. The van der Waals surface area contributed by atoms with Gasteiger partial charge in [-0.3, -0.25) is 0 Å². The molecule has 1 aromatic rings. The first kappa shape index (κ1) is 11.7. The van der Waals surface area contributed by atoms with Crippen LogP contribution < -0.4 is 15.8 Å². The molecule has 1 rings (SSSR count). The van der Waals surface area contributed by atoms with Crippen LogP contribution >= 0.6 is 0 Å². The fourth-order valence-electron chi connectivity index (χ4n) is 1.10. The molecule has 0 atom stereocenters. The predicted molar refractivity (Wildman–Crippen MR) is 60.1 cm³/mol.